The third-order valence-corrected chi connectivity index (χ3v) is 4.28. The smallest absolute Gasteiger partial charge is 0.0910 e. The van der Waals surface area contributed by atoms with Crippen molar-refractivity contribution in [3.8, 4) is 5.69 Å². The number of benzene rings is 1. The van der Waals surface area contributed by atoms with Gasteiger partial charge in [-0.2, -0.15) is 5.10 Å². The molecule has 0 radical (unpaired) electrons. The third-order valence-electron chi connectivity index (χ3n) is 4.28. The maximum Gasteiger partial charge on any atom is 0.0910 e. The van der Waals surface area contributed by atoms with Crippen molar-refractivity contribution in [3.63, 3.8) is 0 Å². The first-order chi connectivity index (χ1) is 10.2. The minimum atomic E-state index is -0.653. The number of ether oxygens (including phenoxy) is 1. The van der Waals surface area contributed by atoms with E-state index in [0.717, 1.165) is 30.7 Å². The molecule has 5 heteroatoms. The van der Waals surface area contributed by atoms with Crippen LogP contribution in [-0.4, -0.2) is 34.6 Å². The minimum Gasteiger partial charge on any atom is -0.388 e. The van der Waals surface area contributed by atoms with Gasteiger partial charge in [0.2, 0.25) is 0 Å². The predicted molar refractivity (Wildman–Crippen MR) is 80.1 cm³/mol. The van der Waals surface area contributed by atoms with Crippen LogP contribution in [0.15, 0.2) is 42.7 Å². The van der Waals surface area contributed by atoms with E-state index in [9.17, 15) is 5.11 Å². The van der Waals surface area contributed by atoms with E-state index in [4.69, 9.17) is 10.5 Å². The van der Waals surface area contributed by atoms with Crippen molar-refractivity contribution in [1.82, 2.24) is 9.78 Å². The van der Waals surface area contributed by atoms with E-state index in [1.807, 2.05) is 36.5 Å². The number of nitrogens with zero attached hydrogens (tertiary/aromatic N) is 2. The molecule has 1 aliphatic rings. The lowest BCUT2D eigenvalue weighted by atomic mass is 9.75. The van der Waals surface area contributed by atoms with E-state index >= 15 is 0 Å². The summed E-state index contributed by atoms with van der Waals surface area (Å²) in [6.07, 6.45) is 4.73. The van der Waals surface area contributed by atoms with Crippen LogP contribution in [0.25, 0.3) is 5.69 Å². The van der Waals surface area contributed by atoms with Crippen molar-refractivity contribution in [2.75, 3.05) is 19.8 Å². The average Bonchev–Trinajstić information content (AvgIpc) is 3.05. The number of aromatic nitrogens is 2. The Bertz CT molecular complexity index is 576. The molecule has 2 heterocycles. The van der Waals surface area contributed by atoms with Gasteiger partial charge in [0.15, 0.2) is 0 Å². The molecule has 112 valence electrons. The number of nitrogens with two attached hydrogens (primary N) is 1. The van der Waals surface area contributed by atoms with Crippen molar-refractivity contribution in [3.05, 3.63) is 48.3 Å². The standard InChI is InChI=1S/C16H21N3O2/c17-11-16(7-4-8-21-12-16)15(20)13-9-18-19(10-13)14-5-2-1-3-6-14/h1-3,5-6,9-10,15,20H,4,7-8,11-12,17H2. The molecule has 1 fully saturated rings. The second-order valence-electron chi connectivity index (χ2n) is 5.68. The summed E-state index contributed by atoms with van der Waals surface area (Å²) in [7, 11) is 0. The topological polar surface area (TPSA) is 73.3 Å². The molecule has 0 bridgehead atoms. The highest BCUT2D eigenvalue weighted by Crippen LogP contribution is 2.40. The number of rotatable bonds is 4. The molecule has 1 saturated heterocycles. The molecule has 0 aliphatic carbocycles. The minimum absolute atomic E-state index is 0.400. The molecule has 1 aromatic carbocycles. The summed E-state index contributed by atoms with van der Waals surface area (Å²) in [5, 5.41) is 15.1. The Morgan fingerprint density at radius 2 is 2.19 bits per heavy atom. The molecule has 3 N–H and O–H groups in total. The number of aliphatic hydroxyl groups excluding tert-OH is 1. The highest BCUT2D eigenvalue weighted by atomic mass is 16.5. The van der Waals surface area contributed by atoms with Crippen molar-refractivity contribution in [2.45, 2.75) is 18.9 Å². The Balaban J connectivity index is 1.85. The van der Waals surface area contributed by atoms with Gasteiger partial charge in [-0.25, -0.2) is 4.68 Å². The van der Waals surface area contributed by atoms with Gasteiger partial charge in [-0.3, -0.25) is 0 Å². The van der Waals surface area contributed by atoms with Crippen LogP contribution in [0, 0.1) is 5.41 Å². The highest BCUT2D eigenvalue weighted by molar-refractivity contribution is 5.31. The third kappa shape index (κ3) is 2.72. The van der Waals surface area contributed by atoms with E-state index in [2.05, 4.69) is 5.10 Å². The Morgan fingerprint density at radius 1 is 1.38 bits per heavy atom. The van der Waals surface area contributed by atoms with Crippen LogP contribution in [0.2, 0.25) is 0 Å². The first-order valence-electron chi connectivity index (χ1n) is 7.31. The first kappa shape index (κ1) is 14.3. The number of hydrogen-bond donors (Lipinski definition) is 2. The van der Waals surface area contributed by atoms with Gasteiger partial charge in [0.1, 0.15) is 0 Å². The van der Waals surface area contributed by atoms with Gasteiger partial charge < -0.3 is 15.6 Å². The average molecular weight is 287 g/mol. The van der Waals surface area contributed by atoms with Crippen molar-refractivity contribution >= 4 is 0 Å². The summed E-state index contributed by atoms with van der Waals surface area (Å²) in [6.45, 7) is 1.66. The summed E-state index contributed by atoms with van der Waals surface area (Å²) in [6, 6.07) is 9.84. The van der Waals surface area contributed by atoms with Crippen LogP contribution in [0.5, 0.6) is 0 Å². The Morgan fingerprint density at radius 3 is 2.86 bits per heavy atom. The molecule has 2 unspecified atom stereocenters. The summed E-state index contributed by atoms with van der Waals surface area (Å²) in [5.74, 6) is 0. The lowest BCUT2D eigenvalue weighted by molar-refractivity contribution is -0.0782. The zero-order chi connectivity index (χ0) is 14.7. The van der Waals surface area contributed by atoms with Crippen molar-refractivity contribution in [1.29, 1.82) is 0 Å². The van der Waals surface area contributed by atoms with Gasteiger partial charge in [0.25, 0.3) is 0 Å². The van der Waals surface area contributed by atoms with Gasteiger partial charge in [-0.05, 0) is 25.0 Å². The van der Waals surface area contributed by atoms with Crippen LogP contribution in [0.3, 0.4) is 0 Å². The van der Waals surface area contributed by atoms with E-state index < -0.39 is 11.5 Å². The maximum absolute atomic E-state index is 10.7. The monoisotopic (exact) mass is 287 g/mol. The van der Waals surface area contributed by atoms with Gasteiger partial charge in [0.05, 0.1) is 24.6 Å². The highest BCUT2D eigenvalue weighted by Gasteiger charge is 2.40. The van der Waals surface area contributed by atoms with Crippen LogP contribution in [0.1, 0.15) is 24.5 Å². The number of para-hydroxylation sites is 1. The molecule has 2 atom stereocenters. The second-order valence-corrected chi connectivity index (χ2v) is 5.68. The largest absolute Gasteiger partial charge is 0.388 e. The van der Waals surface area contributed by atoms with Crippen LogP contribution in [-0.2, 0) is 4.74 Å². The number of aliphatic hydroxyl groups is 1. The van der Waals surface area contributed by atoms with Crippen LogP contribution in [0.4, 0.5) is 0 Å². The second kappa shape index (κ2) is 5.97. The zero-order valence-electron chi connectivity index (χ0n) is 12.0. The lowest BCUT2D eigenvalue weighted by Gasteiger charge is -2.39. The van der Waals surface area contributed by atoms with Crippen molar-refractivity contribution < 1.29 is 9.84 Å². The fraction of sp³-hybridized carbons (Fsp3) is 0.438. The Hall–Kier alpha value is -1.69. The first-order valence-corrected chi connectivity index (χ1v) is 7.31. The Kier molecular flexibility index (Phi) is 4.05. The van der Waals surface area contributed by atoms with E-state index in [1.54, 1.807) is 10.9 Å². The normalized spacial score (nSPS) is 23.9. The Labute approximate surface area is 124 Å². The molecule has 2 aromatic rings. The predicted octanol–water partition coefficient (Wildman–Crippen LogP) is 1.66. The van der Waals surface area contributed by atoms with E-state index in [-0.39, 0.29) is 0 Å². The van der Waals surface area contributed by atoms with E-state index in [0.29, 0.717) is 13.2 Å². The van der Waals surface area contributed by atoms with Crippen LogP contribution >= 0.6 is 0 Å². The summed E-state index contributed by atoms with van der Waals surface area (Å²) in [5.41, 5.74) is 7.28. The molecule has 0 spiro atoms. The molecule has 21 heavy (non-hydrogen) atoms. The molecule has 3 rings (SSSR count). The summed E-state index contributed by atoms with van der Waals surface area (Å²) in [4.78, 5) is 0. The summed E-state index contributed by atoms with van der Waals surface area (Å²) < 4.78 is 7.31. The number of hydrogen-bond acceptors (Lipinski definition) is 4. The molecule has 0 saturated carbocycles. The molecule has 0 amide bonds. The zero-order valence-corrected chi connectivity index (χ0v) is 12.0. The van der Waals surface area contributed by atoms with E-state index in [1.165, 1.54) is 0 Å². The SMILES string of the molecule is NCC1(C(O)c2cnn(-c3ccccc3)c2)CCCOC1. The van der Waals surface area contributed by atoms with Gasteiger partial charge >= 0.3 is 0 Å². The van der Waals surface area contributed by atoms with Crippen molar-refractivity contribution in [2.24, 2.45) is 11.1 Å². The quantitative estimate of drug-likeness (QED) is 0.897. The van der Waals surface area contributed by atoms with Crippen LogP contribution < -0.4 is 5.73 Å². The maximum atomic E-state index is 10.7. The molecular weight excluding hydrogens is 266 g/mol. The van der Waals surface area contributed by atoms with Gasteiger partial charge in [0, 0.05) is 30.3 Å². The molecule has 1 aliphatic heterocycles. The fourth-order valence-corrected chi connectivity index (χ4v) is 2.92. The van der Waals surface area contributed by atoms with Gasteiger partial charge in [-0.15, -0.1) is 0 Å². The van der Waals surface area contributed by atoms with Gasteiger partial charge in [-0.1, -0.05) is 18.2 Å². The fourth-order valence-electron chi connectivity index (χ4n) is 2.92. The molecular formula is C16H21N3O2. The summed E-state index contributed by atoms with van der Waals surface area (Å²) >= 11 is 0. The molecule has 5 nitrogen and oxygen atoms in total. The lowest BCUT2D eigenvalue weighted by Crippen LogP contribution is -2.43. The molecule has 1 aromatic heterocycles.